The van der Waals surface area contributed by atoms with Gasteiger partial charge in [-0.15, -0.1) is 11.1 Å². The van der Waals surface area contributed by atoms with E-state index in [-0.39, 0.29) is 35.6 Å². The third kappa shape index (κ3) is 11.3. The molecule has 0 amide bonds. The summed E-state index contributed by atoms with van der Waals surface area (Å²) in [6, 6.07) is 32.7. The van der Waals surface area contributed by atoms with E-state index in [1.165, 1.54) is 94.2 Å². The van der Waals surface area contributed by atoms with Crippen LogP contribution in [0.2, 0.25) is 0 Å². The Balaban J connectivity index is 0.000000268. The van der Waals surface area contributed by atoms with E-state index in [1.807, 2.05) is 0 Å². The molecule has 2 aliphatic rings. The summed E-state index contributed by atoms with van der Waals surface area (Å²) < 4.78 is 1.42. The van der Waals surface area contributed by atoms with Crippen LogP contribution < -0.4 is 24.8 Å². The van der Waals surface area contributed by atoms with Crippen LogP contribution in [0.4, 0.5) is 0 Å². The van der Waals surface area contributed by atoms with Crippen LogP contribution in [0.1, 0.15) is 121 Å². The first-order valence-electron chi connectivity index (χ1n) is 17.5. The van der Waals surface area contributed by atoms with Crippen molar-refractivity contribution in [2.45, 2.75) is 107 Å². The maximum Gasteiger partial charge on any atom is -1.00 e. The van der Waals surface area contributed by atoms with Crippen molar-refractivity contribution in [3.8, 4) is 11.1 Å². The third-order valence-electron chi connectivity index (χ3n) is 9.22. The van der Waals surface area contributed by atoms with Crippen molar-refractivity contribution in [2.75, 3.05) is 0 Å². The minimum Gasteiger partial charge on any atom is -1.00 e. The summed E-state index contributed by atoms with van der Waals surface area (Å²) >= 11 is 1.46. The monoisotopic (exact) mass is 780 g/mol. The van der Waals surface area contributed by atoms with Crippen LogP contribution in [0.3, 0.4) is 0 Å². The van der Waals surface area contributed by atoms with Crippen molar-refractivity contribution < 1.29 is 49.0 Å². The van der Waals surface area contributed by atoms with Gasteiger partial charge in [-0.25, -0.2) is 5.57 Å². The van der Waals surface area contributed by atoms with Crippen LogP contribution in [-0.4, -0.2) is 3.21 Å². The molecule has 3 heteroatoms. The summed E-state index contributed by atoms with van der Waals surface area (Å²) in [5.41, 5.74) is 17.1. The summed E-state index contributed by atoms with van der Waals surface area (Å²) in [6.45, 7) is 28.9. The molecule has 2 aliphatic carbocycles. The van der Waals surface area contributed by atoms with Gasteiger partial charge in [0.1, 0.15) is 0 Å². The topological polar surface area (TPSA) is 0 Å². The Hall–Kier alpha value is -2.31. The van der Waals surface area contributed by atoms with Crippen LogP contribution in [0, 0.1) is 37.3 Å². The summed E-state index contributed by atoms with van der Waals surface area (Å²) in [5.74, 6) is 0.518. The van der Waals surface area contributed by atoms with Crippen LogP contribution in [0.25, 0.3) is 11.1 Å². The zero-order valence-corrected chi connectivity index (χ0v) is 36.6. The number of rotatable bonds is 2. The Bertz CT molecular complexity index is 1710. The maximum absolute atomic E-state index is 3.67. The largest absolute Gasteiger partial charge is 1.00 e. The molecule has 6 rings (SSSR count). The first-order valence-corrected chi connectivity index (χ1v) is 18.7. The van der Waals surface area contributed by atoms with Gasteiger partial charge in [0, 0.05) is 0 Å². The molecule has 1 atom stereocenters. The Morgan fingerprint density at radius 1 is 0.640 bits per heavy atom. The first-order chi connectivity index (χ1) is 22.2. The van der Waals surface area contributed by atoms with Gasteiger partial charge in [-0.3, -0.25) is 6.08 Å². The molecule has 0 fully saturated rings. The van der Waals surface area contributed by atoms with E-state index in [4.69, 9.17) is 0 Å². The summed E-state index contributed by atoms with van der Waals surface area (Å²) in [5, 5.41) is 0. The van der Waals surface area contributed by atoms with E-state index in [1.54, 1.807) is 0 Å². The molecule has 0 bridgehead atoms. The van der Waals surface area contributed by atoms with Gasteiger partial charge in [0.15, 0.2) is 0 Å². The number of hydrogen-bond donors (Lipinski definition) is 0. The molecule has 0 saturated heterocycles. The molecule has 0 N–H and O–H groups in total. The molecule has 1 unspecified atom stereocenters. The second kappa shape index (κ2) is 17.5. The van der Waals surface area contributed by atoms with Crippen LogP contribution in [-0.2, 0) is 41.5 Å². The van der Waals surface area contributed by atoms with Crippen molar-refractivity contribution in [3.05, 3.63) is 153 Å². The molecule has 264 valence electrons. The summed E-state index contributed by atoms with van der Waals surface area (Å²) in [6.07, 6.45) is 6.74. The molecular weight excluding hydrogens is 727 g/mol. The summed E-state index contributed by atoms with van der Waals surface area (Å²) in [4.78, 5) is 0. The zero-order chi connectivity index (χ0) is 35.6. The van der Waals surface area contributed by atoms with E-state index in [2.05, 4.69) is 187 Å². The van der Waals surface area contributed by atoms with Gasteiger partial charge >= 0.3 is 112 Å². The standard InChI is InChI=1S/C21H25.C15H14.C11H17.2ClH.Zr/c1-20(2,3)16-7-9-18-14(12-16)11-15-13-17(21(4,5)6)8-10-19(15)18;1-12-3-7-14(8-4-12)11-15-9-5-13(2)6-10-15;1-8-6-9(2)10(7-8)11(3,4)5;;;/h7-10,12H,11H2,1-6H3;3-10H,1-2H3;7-8H,1-5H3;2*1H;/q-1;;-1;;;+2/p-2. The Morgan fingerprint density at radius 3 is 1.54 bits per heavy atom. The van der Waals surface area contributed by atoms with E-state index in [0.29, 0.717) is 11.3 Å². The molecule has 4 aromatic carbocycles. The van der Waals surface area contributed by atoms with Gasteiger partial charge in [0.25, 0.3) is 0 Å². The van der Waals surface area contributed by atoms with Gasteiger partial charge in [-0.2, -0.15) is 35.4 Å². The minimum absolute atomic E-state index is 0. The molecule has 4 aromatic rings. The molecule has 0 saturated carbocycles. The second-order valence-electron chi connectivity index (χ2n) is 16.8. The van der Waals surface area contributed by atoms with Gasteiger partial charge in [-0.05, 0) is 28.4 Å². The SMILES string of the molecule is CC(C)(C)c1[c-]c2c(cc1)-c1ccc(C(C)(C)C)cc1C2.CC1=[C-]C(C)C=C1C(C)(C)C.Cc1ccc([C](=[Zr+2])c2ccc(C)cc2)cc1.[Cl-].[Cl-]. The zero-order valence-electron chi connectivity index (χ0n) is 32.6. The second-order valence-corrected chi connectivity index (χ2v) is 18.0. The Kier molecular flexibility index (Phi) is 15.3. The number of allylic oxidation sites excluding steroid dienone is 4. The molecule has 50 heavy (non-hydrogen) atoms. The van der Waals surface area contributed by atoms with Gasteiger partial charge in [0.05, 0.1) is 0 Å². The van der Waals surface area contributed by atoms with Gasteiger partial charge in [-0.1, -0.05) is 111 Å². The van der Waals surface area contributed by atoms with Crippen molar-refractivity contribution >= 4 is 3.21 Å². The maximum atomic E-state index is 3.67. The quantitative estimate of drug-likeness (QED) is 0.181. The fourth-order valence-corrected chi connectivity index (χ4v) is 7.10. The Labute approximate surface area is 332 Å². The van der Waals surface area contributed by atoms with Gasteiger partial charge < -0.3 is 24.8 Å². The molecule has 0 spiro atoms. The predicted molar refractivity (Wildman–Crippen MR) is 206 cm³/mol. The number of hydrogen-bond acceptors (Lipinski definition) is 0. The van der Waals surface area contributed by atoms with E-state index >= 15 is 0 Å². The number of halogens is 2. The molecular formula is C47H56Cl2Zr-2. The number of benzene rings is 4. The van der Waals surface area contributed by atoms with Gasteiger partial charge in [0.2, 0.25) is 0 Å². The normalized spacial score (nSPS) is 14.7. The Morgan fingerprint density at radius 2 is 1.14 bits per heavy atom. The average molecular weight is 783 g/mol. The molecule has 0 heterocycles. The van der Waals surface area contributed by atoms with E-state index in [0.717, 1.165) is 6.42 Å². The van der Waals surface area contributed by atoms with Crippen molar-refractivity contribution in [2.24, 2.45) is 11.3 Å². The third-order valence-corrected chi connectivity index (χ3v) is 10.6. The fraction of sp³-hybridized carbons (Fsp3) is 0.383. The smallest absolute Gasteiger partial charge is 1.00 e. The number of fused-ring (bicyclic) bond motifs is 3. The van der Waals surface area contributed by atoms with Crippen molar-refractivity contribution in [1.82, 2.24) is 0 Å². The fourth-order valence-electron chi connectivity index (χ4n) is 6.28. The molecule has 0 aromatic heterocycles. The minimum atomic E-state index is 0. The molecule has 0 aliphatic heterocycles. The van der Waals surface area contributed by atoms with Crippen molar-refractivity contribution in [1.29, 1.82) is 0 Å². The van der Waals surface area contributed by atoms with Crippen molar-refractivity contribution in [3.63, 3.8) is 0 Å². The van der Waals surface area contributed by atoms with Crippen LogP contribution in [0.15, 0.2) is 96.1 Å². The first kappa shape index (κ1) is 43.9. The number of aryl methyl sites for hydroxylation is 2. The van der Waals surface area contributed by atoms with E-state index in [9.17, 15) is 0 Å². The molecule has 0 nitrogen and oxygen atoms in total. The summed E-state index contributed by atoms with van der Waals surface area (Å²) in [7, 11) is 0. The van der Waals surface area contributed by atoms with E-state index < -0.39 is 0 Å². The average Bonchev–Trinajstić information content (AvgIpc) is 3.55. The van der Waals surface area contributed by atoms with Crippen LogP contribution in [0.5, 0.6) is 0 Å². The van der Waals surface area contributed by atoms with Crippen LogP contribution >= 0.6 is 0 Å². The molecule has 0 radical (unpaired) electrons. The predicted octanol–water partition coefficient (Wildman–Crippen LogP) is 6.44.